The molecule has 0 spiro atoms. The average molecular weight is 386 g/mol. The van der Waals surface area contributed by atoms with Gasteiger partial charge in [0.15, 0.2) is 5.76 Å². The number of ether oxygens (including phenoxy) is 2. The molecule has 1 aliphatic heterocycles. The Labute approximate surface area is 132 Å². The van der Waals surface area contributed by atoms with E-state index < -0.39 is 50.8 Å². The third-order valence-electron chi connectivity index (χ3n) is 3.26. The van der Waals surface area contributed by atoms with Crippen LogP contribution in [0.25, 0.3) is 0 Å². The van der Waals surface area contributed by atoms with Crippen molar-refractivity contribution in [2.75, 3.05) is 6.61 Å². The van der Waals surface area contributed by atoms with Gasteiger partial charge in [0.2, 0.25) is 11.4 Å². The quantitative estimate of drug-likeness (QED) is 0.320. The van der Waals surface area contributed by atoms with Crippen LogP contribution >= 0.6 is 0 Å². The minimum atomic E-state index is -6.30. The number of alkyl halides is 6. The lowest BCUT2D eigenvalue weighted by molar-refractivity contribution is -0.263. The molecule has 0 N–H and O–H groups in total. The first kappa shape index (κ1) is 20.4. The lowest BCUT2D eigenvalue weighted by atomic mass is 9.90. The highest BCUT2D eigenvalue weighted by Crippen LogP contribution is 2.50. The second-order valence-corrected chi connectivity index (χ2v) is 6.36. The Kier molecular flexibility index (Phi) is 5.10. The average Bonchev–Trinajstić information content (AvgIpc) is 2.63. The van der Waals surface area contributed by atoms with E-state index >= 15 is 0 Å². The summed E-state index contributed by atoms with van der Waals surface area (Å²) in [6.07, 6.45) is -5.14. The van der Waals surface area contributed by atoms with E-state index in [4.69, 9.17) is 0 Å². The highest BCUT2D eigenvalue weighted by Gasteiger charge is 2.65. The zero-order valence-electron chi connectivity index (χ0n) is 12.4. The van der Waals surface area contributed by atoms with E-state index in [0.29, 0.717) is 13.8 Å². The van der Waals surface area contributed by atoms with E-state index in [1.54, 1.807) is 0 Å². The van der Waals surface area contributed by atoms with E-state index in [1.807, 2.05) is 0 Å². The molecule has 0 radical (unpaired) electrons. The molecule has 140 valence electrons. The SMILES string of the molecule is CCOC(=O)C1=C(OS(=O)(=O)C(F)(F)F)[C@@H](C)[C@@](C)(C(F)(F)F)O1. The van der Waals surface area contributed by atoms with Crippen LogP contribution in [-0.2, 0) is 28.6 Å². The van der Waals surface area contributed by atoms with Gasteiger partial charge in [-0.1, -0.05) is 6.92 Å². The molecule has 6 nitrogen and oxygen atoms in total. The second kappa shape index (κ2) is 6.01. The van der Waals surface area contributed by atoms with Crippen molar-refractivity contribution in [3.8, 4) is 0 Å². The Morgan fingerprint density at radius 2 is 1.75 bits per heavy atom. The largest absolute Gasteiger partial charge is 0.534 e. The van der Waals surface area contributed by atoms with Crippen LogP contribution in [0.2, 0.25) is 0 Å². The van der Waals surface area contributed by atoms with Crippen molar-refractivity contribution in [3.05, 3.63) is 11.5 Å². The molecule has 0 aromatic rings. The van der Waals surface area contributed by atoms with Gasteiger partial charge in [0.05, 0.1) is 12.5 Å². The number of carbonyl (C=O) groups is 1. The minimum absolute atomic E-state index is 0.345. The topological polar surface area (TPSA) is 78.9 Å². The van der Waals surface area contributed by atoms with Crippen LogP contribution in [0.15, 0.2) is 11.5 Å². The van der Waals surface area contributed by atoms with E-state index in [-0.39, 0.29) is 6.61 Å². The Morgan fingerprint density at radius 1 is 1.25 bits per heavy atom. The van der Waals surface area contributed by atoms with Crippen molar-refractivity contribution in [1.82, 2.24) is 0 Å². The summed E-state index contributed by atoms with van der Waals surface area (Å²) in [6, 6.07) is 0. The molecule has 2 atom stereocenters. The first-order chi connectivity index (χ1) is 10.6. The lowest BCUT2D eigenvalue weighted by Gasteiger charge is -2.31. The Morgan fingerprint density at radius 3 is 2.12 bits per heavy atom. The van der Waals surface area contributed by atoms with Gasteiger partial charge in [-0.05, 0) is 13.8 Å². The first-order valence-corrected chi connectivity index (χ1v) is 7.67. The molecule has 24 heavy (non-hydrogen) atoms. The van der Waals surface area contributed by atoms with E-state index in [1.165, 1.54) is 6.92 Å². The maximum absolute atomic E-state index is 13.1. The second-order valence-electron chi connectivity index (χ2n) is 4.83. The highest BCUT2D eigenvalue weighted by atomic mass is 32.2. The van der Waals surface area contributed by atoms with E-state index in [0.717, 1.165) is 0 Å². The number of rotatable bonds is 4. The van der Waals surface area contributed by atoms with Crippen LogP contribution in [0.1, 0.15) is 20.8 Å². The van der Waals surface area contributed by atoms with Crippen molar-refractivity contribution in [3.63, 3.8) is 0 Å². The van der Waals surface area contributed by atoms with Gasteiger partial charge in [-0.25, -0.2) is 4.79 Å². The van der Waals surface area contributed by atoms with Crippen molar-refractivity contribution >= 4 is 16.1 Å². The summed E-state index contributed by atoms with van der Waals surface area (Å²) >= 11 is 0. The molecule has 0 saturated carbocycles. The monoisotopic (exact) mass is 386 g/mol. The highest BCUT2D eigenvalue weighted by molar-refractivity contribution is 7.87. The molecular weight excluding hydrogens is 374 g/mol. The summed E-state index contributed by atoms with van der Waals surface area (Å²) in [5.74, 6) is -6.44. The molecule has 1 rings (SSSR count). The van der Waals surface area contributed by atoms with Gasteiger partial charge in [-0.2, -0.15) is 34.8 Å². The van der Waals surface area contributed by atoms with Crippen LogP contribution < -0.4 is 0 Å². The molecule has 0 fully saturated rings. The van der Waals surface area contributed by atoms with Gasteiger partial charge in [-0.3, -0.25) is 0 Å². The van der Waals surface area contributed by atoms with Gasteiger partial charge in [-0.15, -0.1) is 0 Å². The molecule has 0 bridgehead atoms. The van der Waals surface area contributed by atoms with Crippen LogP contribution in [0, 0.1) is 5.92 Å². The first-order valence-electron chi connectivity index (χ1n) is 6.26. The fourth-order valence-corrected chi connectivity index (χ4v) is 2.27. The molecule has 0 saturated heterocycles. The van der Waals surface area contributed by atoms with Gasteiger partial charge in [0.1, 0.15) is 0 Å². The predicted molar refractivity (Wildman–Crippen MR) is 64.4 cm³/mol. The van der Waals surface area contributed by atoms with Gasteiger partial charge in [0.25, 0.3) is 0 Å². The zero-order valence-corrected chi connectivity index (χ0v) is 13.2. The van der Waals surface area contributed by atoms with Crippen LogP contribution in [-0.4, -0.2) is 38.3 Å². The summed E-state index contributed by atoms with van der Waals surface area (Å²) in [6.45, 7) is 2.07. The standard InChI is InChI=1S/C11H12F6O6S/c1-4-21-8(18)7-6(23-24(19,20)11(15,16)17)5(2)9(3,22-7)10(12,13)14/h5H,4H2,1-3H3/t5-,9+/m1/s1. The Balaban J connectivity index is 3.42. The predicted octanol–water partition coefficient (Wildman–Crippen LogP) is 2.61. The molecule has 13 heteroatoms. The normalized spacial score (nSPS) is 25.5. The summed E-state index contributed by atoms with van der Waals surface area (Å²) < 4.78 is 111. The summed E-state index contributed by atoms with van der Waals surface area (Å²) in [7, 11) is -6.30. The Bertz CT molecular complexity index is 649. The van der Waals surface area contributed by atoms with Crippen molar-refractivity contribution in [2.45, 2.75) is 38.1 Å². The molecular formula is C11H12F6O6S. The van der Waals surface area contributed by atoms with Gasteiger partial charge in [0, 0.05) is 0 Å². The number of hydrogen-bond acceptors (Lipinski definition) is 6. The summed E-state index contributed by atoms with van der Waals surface area (Å²) in [4.78, 5) is 11.6. The lowest BCUT2D eigenvalue weighted by Crippen LogP contribution is -2.47. The molecule has 1 aliphatic rings. The van der Waals surface area contributed by atoms with E-state index in [2.05, 4.69) is 13.7 Å². The molecule has 0 aliphatic carbocycles. The van der Waals surface area contributed by atoms with Crippen LogP contribution in [0.3, 0.4) is 0 Å². The smallest absolute Gasteiger partial charge is 0.467 e. The number of hydrogen-bond donors (Lipinski definition) is 0. The minimum Gasteiger partial charge on any atom is -0.467 e. The molecule has 1 heterocycles. The fourth-order valence-electron chi connectivity index (χ4n) is 1.72. The number of carbonyl (C=O) groups excluding carboxylic acids is 1. The van der Waals surface area contributed by atoms with Crippen LogP contribution in [0.5, 0.6) is 0 Å². The molecule has 0 unspecified atom stereocenters. The third-order valence-corrected chi connectivity index (χ3v) is 4.23. The summed E-state index contributed by atoms with van der Waals surface area (Å²) in [5.41, 5.74) is -9.08. The van der Waals surface area contributed by atoms with Crippen molar-refractivity contribution < 1.29 is 53.2 Å². The maximum Gasteiger partial charge on any atom is 0.534 e. The van der Waals surface area contributed by atoms with Crippen molar-refractivity contribution in [2.24, 2.45) is 5.92 Å². The summed E-state index contributed by atoms with van der Waals surface area (Å²) in [5, 5.41) is 0. The van der Waals surface area contributed by atoms with E-state index in [9.17, 15) is 39.6 Å². The molecule has 0 aromatic carbocycles. The Hall–Kier alpha value is -1.66. The van der Waals surface area contributed by atoms with Gasteiger partial charge < -0.3 is 13.7 Å². The third kappa shape index (κ3) is 3.39. The van der Waals surface area contributed by atoms with Crippen molar-refractivity contribution in [1.29, 1.82) is 0 Å². The number of esters is 1. The molecule has 0 aromatic heterocycles. The fraction of sp³-hybridized carbons (Fsp3) is 0.727. The zero-order chi connectivity index (χ0) is 19.1. The maximum atomic E-state index is 13.1. The molecule has 0 amide bonds. The van der Waals surface area contributed by atoms with Crippen LogP contribution in [0.4, 0.5) is 26.3 Å². The number of halogens is 6. The van der Waals surface area contributed by atoms with Gasteiger partial charge >= 0.3 is 27.8 Å².